The Morgan fingerprint density at radius 2 is 2.07 bits per heavy atom. The Hall–Kier alpha value is -2.04. The van der Waals surface area contributed by atoms with Gasteiger partial charge in [0.25, 0.3) is 5.56 Å². The molecule has 0 saturated heterocycles. The summed E-state index contributed by atoms with van der Waals surface area (Å²) in [5, 5.41) is 1.94. The summed E-state index contributed by atoms with van der Waals surface area (Å²) >= 11 is 5.09. The lowest BCUT2D eigenvalue weighted by atomic mass is 10.0. The van der Waals surface area contributed by atoms with E-state index in [0.29, 0.717) is 20.6 Å². The first-order valence-corrected chi connectivity index (χ1v) is 11.8. The fraction of sp³-hybridized carbons (Fsp3) is 0.190. The molecule has 3 heterocycles. The standard InChI is InChI=1S/C21H17IN2O3S2/c1-3-27-20(26)17-12(2)23-21-24(18(17)15-5-4-10-28-15)19(25)16(29-21)11-13-6-8-14(22)9-7-13/h4-11,18H,3H2,1-2H3/b16-11-/t18-/m0/s1. The van der Waals surface area contributed by atoms with Gasteiger partial charge in [-0.25, -0.2) is 9.79 Å². The van der Waals surface area contributed by atoms with E-state index in [2.05, 4.69) is 27.6 Å². The fourth-order valence-corrected chi connectivity index (χ4v) is 5.45. The van der Waals surface area contributed by atoms with Crippen LogP contribution in [0.25, 0.3) is 6.08 Å². The van der Waals surface area contributed by atoms with Crippen molar-refractivity contribution < 1.29 is 9.53 Å². The number of ether oxygens (including phenoxy) is 1. The van der Waals surface area contributed by atoms with Gasteiger partial charge in [-0.1, -0.05) is 29.5 Å². The second-order valence-corrected chi connectivity index (χ2v) is 9.60. The number of aromatic nitrogens is 1. The quantitative estimate of drug-likeness (QED) is 0.379. The second kappa shape index (κ2) is 8.37. The van der Waals surface area contributed by atoms with Crippen molar-refractivity contribution in [3.63, 3.8) is 0 Å². The van der Waals surface area contributed by atoms with Crippen LogP contribution in [0.4, 0.5) is 0 Å². The van der Waals surface area contributed by atoms with Crippen LogP contribution in [0.15, 0.2) is 62.8 Å². The minimum atomic E-state index is -0.524. The highest BCUT2D eigenvalue weighted by atomic mass is 127. The van der Waals surface area contributed by atoms with Crippen molar-refractivity contribution in [1.82, 2.24) is 4.57 Å². The Morgan fingerprint density at radius 3 is 2.72 bits per heavy atom. The molecule has 5 nitrogen and oxygen atoms in total. The van der Waals surface area contributed by atoms with E-state index >= 15 is 0 Å². The molecule has 1 aliphatic rings. The lowest BCUT2D eigenvalue weighted by Crippen LogP contribution is -2.39. The molecule has 8 heteroatoms. The van der Waals surface area contributed by atoms with Gasteiger partial charge in [0, 0.05) is 8.45 Å². The summed E-state index contributed by atoms with van der Waals surface area (Å²) in [5.74, 6) is -0.431. The number of carbonyl (C=O) groups is 1. The normalized spacial score (nSPS) is 16.5. The third-order valence-electron chi connectivity index (χ3n) is 4.50. The lowest BCUT2D eigenvalue weighted by Gasteiger charge is -2.23. The van der Waals surface area contributed by atoms with Crippen LogP contribution >= 0.6 is 45.3 Å². The van der Waals surface area contributed by atoms with E-state index in [4.69, 9.17) is 4.74 Å². The van der Waals surface area contributed by atoms with Crippen LogP contribution in [-0.2, 0) is 9.53 Å². The fourth-order valence-electron chi connectivity index (χ4n) is 3.22. The van der Waals surface area contributed by atoms with Crippen LogP contribution in [0.1, 0.15) is 30.3 Å². The summed E-state index contributed by atoms with van der Waals surface area (Å²) in [4.78, 5) is 32.1. The van der Waals surface area contributed by atoms with Crippen molar-refractivity contribution in [3.05, 3.63) is 86.7 Å². The Balaban J connectivity index is 1.93. The molecule has 0 radical (unpaired) electrons. The number of fused-ring (bicyclic) bond motifs is 1. The summed E-state index contributed by atoms with van der Waals surface area (Å²) in [7, 11) is 0. The van der Waals surface area contributed by atoms with Crippen LogP contribution in [0.3, 0.4) is 0 Å². The highest BCUT2D eigenvalue weighted by molar-refractivity contribution is 14.1. The molecule has 0 amide bonds. The molecule has 0 spiro atoms. The number of benzene rings is 1. The SMILES string of the molecule is CCOC(=O)C1=C(C)N=c2s/c(=C\c3ccc(I)cc3)c(=O)n2[C@H]1c1cccs1. The molecule has 3 aromatic rings. The van der Waals surface area contributed by atoms with Gasteiger partial charge < -0.3 is 4.74 Å². The number of thiazole rings is 1. The first-order chi connectivity index (χ1) is 14.0. The number of allylic oxidation sites excluding steroid dienone is 1. The third-order valence-corrected chi connectivity index (χ3v) is 7.12. The summed E-state index contributed by atoms with van der Waals surface area (Å²) in [6.45, 7) is 3.83. The number of esters is 1. The number of thiophene rings is 1. The lowest BCUT2D eigenvalue weighted by molar-refractivity contribution is -0.139. The molecule has 148 valence electrons. The van der Waals surface area contributed by atoms with E-state index < -0.39 is 12.0 Å². The molecule has 1 aliphatic heterocycles. The van der Waals surface area contributed by atoms with Crippen LogP contribution < -0.4 is 14.9 Å². The number of carbonyl (C=O) groups excluding carboxylic acids is 1. The first kappa shape index (κ1) is 20.2. The van der Waals surface area contributed by atoms with Crippen LogP contribution in [0.2, 0.25) is 0 Å². The molecule has 1 atom stereocenters. The summed E-state index contributed by atoms with van der Waals surface area (Å²) in [6.07, 6.45) is 1.87. The van der Waals surface area contributed by atoms with Crippen LogP contribution in [-0.4, -0.2) is 17.1 Å². The van der Waals surface area contributed by atoms with Gasteiger partial charge in [-0.3, -0.25) is 9.36 Å². The van der Waals surface area contributed by atoms with Crippen molar-refractivity contribution in [3.8, 4) is 0 Å². The minimum Gasteiger partial charge on any atom is -0.463 e. The smallest absolute Gasteiger partial charge is 0.338 e. The Labute approximate surface area is 188 Å². The molecule has 4 rings (SSSR count). The molecular weight excluding hydrogens is 519 g/mol. The van der Waals surface area contributed by atoms with Crippen molar-refractivity contribution in [2.75, 3.05) is 6.61 Å². The Morgan fingerprint density at radius 1 is 1.31 bits per heavy atom. The highest BCUT2D eigenvalue weighted by Crippen LogP contribution is 2.33. The maximum Gasteiger partial charge on any atom is 0.338 e. The zero-order valence-corrected chi connectivity index (χ0v) is 19.5. The third kappa shape index (κ3) is 3.88. The minimum absolute atomic E-state index is 0.153. The van der Waals surface area contributed by atoms with Gasteiger partial charge in [-0.05, 0) is 71.7 Å². The first-order valence-electron chi connectivity index (χ1n) is 8.98. The van der Waals surface area contributed by atoms with E-state index in [-0.39, 0.29) is 12.2 Å². The van der Waals surface area contributed by atoms with E-state index in [1.54, 1.807) is 18.4 Å². The van der Waals surface area contributed by atoms with E-state index in [0.717, 1.165) is 14.0 Å². The zero-order chi connectivity index (χ0) is 20.5. The van der Waals surface area contributed by atoms with Gasteiger partial charge in [0.2, 0.25) is 0 Å². The highest BCUT2D eigenvalue weighted by Gasteiger charge is 2.33. The number of hydrogen-bond acceptors (Lipinski definition) is 6. The van der Waals surface area contributed by atoms with Crippen molar-refractivity contribution in [1.29, 1.82) is 0 Å². The van der Waals surface area contributed by atoms with Crippen molar-refractivity contribution >= 4 is 57.3 Å². The van der Waals surface area contributed by atoms with Gasteiger partial charge in [0.1, 0.15) is 6.04 Å². The second-order valence-electron chi connectivity index (χ2n) is 6.37. The average Bonchev–Trinajstić information content (AvgIpc) is 3.32. The largest absolute Gasteiger partial charge is 0.463 e. The Bertz CT molecular complexity index is 1270. The average molecular weight is 536 g/mol. The van der Waals surface area contributed by atoms with E-state index in [1.165, 1.54) is 22.7 Å². The predicted molar refractivity (Wildman–Crippen MR) is 124 cm³/mol. The number of nitrogens with zero attached hydrogens (tertiary/aromatic N) is 2. The topological polar surface area (TPSA) is 60.7 Å². The van der Waals surface area contributed by atoms with Crippen LogP contribution in [0, 0.1) is 3.57 Å². The number of halogens is 1. The van der Waals surface area contributed by atoms with Crippen LogP contribution in [0.5, 0.6) is 0 Å². The predicted octanol–water partition coefficient (Wildman–Crippen LogP) is 3.46. The molecule has 0 N–H and O–H groups in total. The van der Waals surface area contributed by atoms with Crippen molar-refractivity contribution in [2.45, 2.75) is 19.9 Å². The molecular formula is C21H17IN2O3S2. The maximum absolute atomic E-state index is 13.3. The molecule has 2 aromatic heterocycles. The monoisotopic (exact) mass is 536 g/mol. The molecule has 0 aliphatic carbocycles. The molecule has 0 unspecified atom stereocenters. The molecule has 29 heavy (non-hydrogen) atoms. The molecule has 0 fully saturated rings. The summed E-state index contributed by atoms with van der Waals surface area (Å²) in [5.41, 5.74) is 1.80. The molecule has 0 saturated carbocycles. The van der Waals surface area contributed by atoms with E-state index in [1.807, 2.05) is 47.9 Å². The van der Waals surface area contributed by atoms with Gasteiger partial charge in [-0.2, -0.15) is 0 Å². The van der Waals surface area contributed by atoms with Gasteiger partial charge in [0.15, 0.2) is 4.80 Å². The zero-order valence-electron chi connectivity index (χ0n) is 15.7. The van der Waals surface area contributed by atoms with Gasteiger partial charge in [-0.15, -0.1) is 11.3 Å². The van der Waals surface area contributed by atoms with Crippen molar-refractivity contribution in [2.24, 2.45) is 4.99 Å². The Kier molecular flexibility index (Phi) is 5.84. The summed E-state index contributed by atoms with van der Waals surface area (Å²) in [6, 6.07) is 11.3. The molecule has 1 aromatic carbocycles. The number of rotatable bonds is 4. The van der Waals surface area contributed by atoms with Gasteiger partial charge in [0.05, 0.1) is 22.4 Å². The van der Waals surface area contributed by atoms with Gasteiger partial charge >= 0.3 is 5.97 Å². The summed E-state index contributed by atoms with van der Waals surface area (Å²) < 4.78 is 8.62. The molecule has 0 bridgehead atoms. The number of hydrogen-bond donors (Lipinski definition) is 0. The van der Waals surface area contributed by atoms with E-state index in [9.17, 15) is 9.59 Å². The maximum atomic E-state index is 13.3.